The number of methoxy groups -OCH3 is 1. The summed E-state index contributed by atoms with van der Waals surface area (Å²) in [5.41, 5.74) is 0.326. The van der Waals surface area contributed by atoms with Crippen molar-refractivity contribution in [2.24, 2.45) is 5.92 Å². The van der Waals surface area contributed by atoms with Crippen LogP contribution in [0.25, 0.3) is 10.9 Å². The van der Waals surface area contributed by atoms with E-state index in [-0.39, 0.29) is 6.09 Å². The average molecular weight is 359 g/mol. The molecule has 3 heterocycles. The molecule has 3 rings (SSSR count). The molecule has 26 heavy (non-hydrogen) atoms. The van der Waals surface area contributed by atoms with Crippen molar-refractivity contribution >= 4 is 22.8 Å². The van der Waals surface area contributed by atoms with Crippen LogP contribution in [-0.2, 0) is 4.74 Å². The second-order valence-corrected chi connectivity index (χ2v) is 7.43. The first-order valence-corrected chi connectivity index (χ1v) is 8.72. The molecule has 1 N–H and O–H groups in total. The first-order chi connectivity index (χ1) is 12.4. The lowest BCUT2D eigenvalue weighted by Gasteiger charge is -2.40. The predicted octanol–water partition coefficient (Wildman–Crippen LogP) is 2.38. The Morgan fingerprint density at radius 2 is 2.08 bits per heavy atom. The van der Waals surface area contributed by atoms with Crippen LogP contribution in [0, 0.1) is 5.92 Å². The van der Waals surface area contributed by atoms with Crippen LogP contribution >= 0.6 is 0 Å². The number of nitrogens with zero attached hydrogens (tertiary/aromatic N) is 4. The summed E-state index contributed by atoms with van der Waals surface area (Å²) >= 11 is 0. The van der Waals surface area contributed by atoms with Crippen LogP contribution in [0.1, 0.15) is 27.2 Å². The highest BCUT2D eigenvalue weighted by Crippen LogP contribution is 2.31. The number of anilines is 1. The van der Waals surface area contributed by atoms with Crippen molar-refractivity contribution < 1.29 is 14.3 Å². The molecule has 0 unspecified atom stereocenters. The molecule has 1 aliphatic rings. The lowest BCUT2D eigenvalue weighted by atomic mass is 9.96. The first-order valence-electron chi connectivity index (χ1n) is 8.72. The maximum absolute atomic E-state index is 11.7. The molecule has 0 atom stereocenters. The maximum Gasteiger partial charge on any atom is 0.407 e. The molecule has 140 valence electrons. The second kappa shape index (κ2) is 7.31. The lowest BCUT2D eigenvalue weighted by molar-refractivity contribution is 0.0524. The van der Waals surface area contributed by atoms with Crippen molar-refractivity contribution in [2.45, 2.75) is 32.8 Å². The molecule has 0 aromatic carbocycles. The summed E-state index contributed by atoms with van der Waals surface area (Å²) in [5.74, 6) is 1.96. The zero-order valence-electron chi connectivity index (χ0n) is 15.7. The summed E-state index contributed by atoms with van der Waals surface area (Å²) in [5, 5.41) is 3.74. The molecule has 2 aromatic rings. The van der Waals surface area contributed by atoms with E-state index in [9.17, 15) is 4.79 Å². The third kappa shape index (κ3) is 4.30. The van der Waals surface area contributed by atoms with Crippen LogP contribution in [0.4, 0.5) is 10.6 Å². The van der Waals surface area contributed by atoms with Crippen molar-refractivity contribution in [3.63, 3.8) is 0 Å². The van der Waals surface area contributed by atoms with E-state index < -0.39 is 5.60 Å². The van der Waals surface area contributed by atoms with Gasteiger partial charge in [0.15, 0.2) is 0 Å². The monoisotopic (exact) mass is 359 g/mol. The molecule has 0 aliphatic carbocycles. The highest BCUT2D eigenvalue weighted by molar-refractivity contribution is 5.89. The van der Waals surface area contributed by atoms with Crippen LogP contribution in [0.3, 0.4) is 0 Å². The van der Waals surface area contributed by atoms with Gasteiger partial charge in [-0.1, -0.05) is 0 Å². The molecule has 1 amide bonds. The molecule has 2 aromatic heterocycles. The average Bonchev–Trinajstić information content (AvgIpc) is 2.54. The number of pyridine rings is 1. The smallest absolute Gasteiger partial charge is 0.407 e. The molecule has 8 heteroatoms. The van der Waals surface area contributed by atoms with Crippen LogP contribution in [0.15, 0.2) is 18.6 Å². The van der Waals surface area contributed by atoms with Crippen LogP contribution in [0.5, 0.6) is 5.88 Å². The molecular formula is C18H25N5O3. The Hall–Kier alpha value is -2.64. The Labute approximate surface area is 152 Å². The first kappa shape index (κ1) is 18.2. The Balaban J connectivity index is 1.52. The Bertz CT molecular complexity index is 784. The maximum atomic E-state index is 11.7. The number of hydrogen-bond donors (Lipinski definition) is 1. The third-order valence-corrected chi connectivity index (χ3v) is 4.16. The van der Waals surface area contributed by atoms with Crippen LogP contribution in [0.2, 0.25) is 0 Å². The molecular weight excluding hydrogens is 334 g/mol. The van der Waals surface area contributed by atoms with Gasteiger partial charge in [0.2, 0.25) is 5.88 Å². The SMILES string of the molecule is COc1cc2c(N3CC(CCNC(=O)OC(C)(C)C)C3)ncnc2cn1. The quantitative estimate of drug-likeness (QED) is 0.876. The van der Waals surface area contributed by atoms with Gasteiger partial charge < -0.3 is 19.7 Å². The molecule has 0 saturated carbocycles. The number of carbonyl (C=O) groups is 1. The van der Waals surface area contributed by atoms with Gasteiger partial charge >= 0.3 is 6.09 Å². The number of ether oxygens (including phenoxy) is 2. The summed E-state index contributed by atoms with van der Waals surface area (Å²) < 4.78 is 10.4. The molecule has 1 aliphatic heterocycles. The zero-order valence-corrected chi connectivity index (χ0v) is 15.7. The zero-order chi connectivity index (χ0) is 18.7. The van der Waals surface area contributed by atoms with Gasteiger partial charge in [0.05, 0.1) is 18.8 Å². The van der Waals surface area contributed by atoms with Gasteiger partial charge in [-0.2, -0.15) is 0 Å². The summed E-state index contributed by atoms with van der Waals surface area (Å²) in [6.07, 6.45) is 3.80. The number of hydrogen-bond acceptors (Lipinski definition) is 7. The van der Waals surface area contributed by atoms with E-state index >= 15 is 0 Å². The number of carbonyl (C=O) groups excluding carboxylic acids is 1. The fourth-order valence-corrected chi connectivity index (χ4v) is 2.91. The van der Waals surface area contributed by atoms with Gasteiger partial charge in [-0.3, -0.25) is 0 Å². The molecule has 0 spiro atoms. The van der Waals surface area contributed by atoms with Crippen LogP contribution < -0.4 is 15.0 Å². The lowest BCUT2D eigenvalue weighted by Crippen LogP contribution is -2.48. The topological polar surface area (TPSA) is 89.5 Å². The minimum absolute atomic E-state index is 0.366. The normalized spacial score (nSPS) is 14.8. The number of rotatable bonds is 5. The summed E-state index contributed by atoms with van der Waals surface area (Å²) in [4.78, 5) is 26.7. The van der Waals surface area contributed by atoms with E-state index in [0.717, 1.165) is 36.2 Å². The van der Waals surface area contributed by atoms with Crippen molar-refractivity contribution in [3.05, 3.63) is 18.6 Å². The summed E-state index contributed by atoms with van der Waals surface area (Å²) in [6, 6.07) is 1.86. The molecule has 0 bridgehead atoms. The molecule has 0 radical (unpaired) electrons. The number of amides is 1. The summed E-state index contributed by atoms with van der Waals surface area (Å²) in [7, 11) is 1.59. The predicted molar refractivity (Wildman–Crippen MR) is 98.4 cm³/mol. The van der Waals surface area contributed by atoms with Gasteiger partial charge in [-0.15, -0.1) is 0 Å². The Morgan fingerprint density at radius 3 is 2.77 bits per heavy atom. The van der Waals surface area contributed by atoms with E-state index in [1.54, 1.807) is 19.6 Å². The number of nitrogens with one attached hydrogen (secondary N) is 1. The van der Waals surface area contributed by atoms with Gasteiger partial charge in [0.25, 0.3) is 0 Å². The minimum Gasteiger partial charge on any atom is -0.481 e. The van der Waals surface area contributed by atoms with Gasteiger partial charge in [0, 0.05) is 31.1 Å². The van der Waals surface area contributed by atoms with Crippen molar-refractivity contribution in [1.29, 1.82) is 0 Å². The summed E-state index contributed by atoms with van der Waals surface area (Å²) in [6.45, 7) is 7.96. The molecule has 8 nitrogen and oxygen atoms in total. The second-order valence-electron chi connectivity index (χ2n) is 7.43. The fourth-order valence-electron chi connectivity index (χ4n) is 2.91. The van der Waals surface area contributed by atoms with Crippen molar-refractivity contribution in [2.75, 3.05) is 31.6 Å². The Morgan fingerprint density at radius 1 is 1.31 bits per heavy atom. The van der Waals surface area contributed by atoms with E-state index in [1.807, 2.05) is 26.8 Å². The Kier molecular flexibility index (Phi) is 5.11. The fraction of sp³-hybridized carbons (Fsp3) is 0.556. The number of aromatic nitrogens is 3. The number of fused-ring (bicyclic) bond motifs is 1. The minimum atomic E-state index is -0.471. The van der Waals surface area contributed by atoms with E-state index in [2.05, 4.69) is 25.2 Å². The standard InChI is InChI=1S/C18H25N5O3/c1-18(2,3)26-17(24)19-6-5-12-9-23(10-12)16-13-7-15(25-4)20-8-14(13)21-11-22-16/h7-8,11-12H,5-6,9-10H2,1-4H3,(H,19,24). The number of alkyl carbamates (subject to hydrolysis) is 1. The van der Waals surface area contributed by atoms with Gasteiger partial charge in [-0.25, -0.2) is 19.7 Å². The largest absolute Gasteiger partial charge is 0.481 e. The van der Waals surface area contributed by atoms with E-state index in [0.29, 0.717) is 18.3 Å². The van der Waals surface area contributed by atoms with E-state index in [4.69, 9.17) is 9.47 Å². The van der Waals surface area contributed by atoms with E-state index in [1.165, 1.54) is 0 Å². The molecule has 1 saturated heterocycles. The van der Waals surface area contributed by atoms with Crippen molar-refractivity contribution in [1.82, 2.24) is 20.3 Å². The van der Waals surface area contributed by atoms with Gasteiger partial charge in [-0.05, 0) is 33.1 Å². The van der Waals surface area contributed by atoms with Crippen LogP contribution in [-0.4, -0.2) is 53.4 Å². The van der Waals surface area contributed by atoms with Crippen molar-refractivity contribution in [3.8, 4) is 5.88 Å². The third-order valence-electron chi connectivity index (χ3n) is 4.16. The highest BCUT2D eigenvalue weighted by atomic mass is 16.6. The van der Waals surface area contributed by atoms with Gasteiger partial charge in [0.1, 0.15) is 17.7 Å². The molecule has 1 fully saturated rings. The highest BCUT2D eigenvalue weighted by Gasteiger charge is 2.29.